The van der Waals surface area contributed by atoms with Crippen LogP contribution in [0.3, 0.4) is 0 Å². The molecule has 1 saturated carbocycles. The van der Waals surface area contributed by atoms with Crippen LogP contribution in [0.25, 0.3) is 0 Å². The van der Waals surface area contributed by atoms with Crippen molar-refractivity contribution in [2.75, 3.05) is 13.7 Å². The van der Waals surface area contributed by atoms with Crippen LogP contribution in [-0.4, -0.2) is 31.8 Å². The lowest BCUT2D eigenvalue weighted by Crippen LogP contribution is -2.41. The summed E-state index contributed by atoms with van der Waals surface area (Å²) in [4.78, 5) is 12.1. The van der Waals surface area contributed by atoms with Gasteiger partial charge in [-0.05, 0) is 43.4 Å². The van der Waals surface area contributed by atoms with Gasteiger partial charge in [-0.15, -0.1) is 0 Å². The monoisotopic (exact) mass is 285 g/mol. The number of esters is 1. The maximum Gasteiger partial charge on any atom is 0.323 e. The van der Waals surface area contributed by atoms with Crippen molar-refractivity contribution >= 4 is 5.97 Å². The molecule has 4 unspecified atom stereocenters. The fourth-order valence-electron chi connectivity index (χ4n) is 3.05. The smallest absolute Gasteiger partial charge is 0.323 e. The number of nitrogens with two attached hydrogens (primary N) is 1. The molecule has 0 aromatic heterocycles. The van der Waals surface area contributed by atoms with Gasteiger partial charge in [-0.1, -0.05) is 27.2 Å². The molecule has 20 heavy (non-hydrogen) atoms. The van der Waals surface area contributed by atoms with Gasteiger partial charge in [0.15, 0.2) is 0 Å². The maximum atomic E-state index is 12.1. The molecule has 4 heteroatoms. The van der Waals surface area contributed by atoms with Crippen molar-refractivity contribution in [2.24, 2.45) is 23.5 Å². The Morgan fingerprint density at radius 1 is 1.35 bits per heavy atom. The highest BCUT2D eigenvalue weighted by atomic mass is 16.5. The van der Waals surface area contributed by atoms with Crippen LogP contribution >= 0.6 is 0 Å². The molecule has 0 amide bonds. The lowest BCUT2D eigenvalue weighted by atomic mass is 9.75. The zero-order valence-corrected chi connectivity index (χ0v) is 13.4. The van der Waals surface area contributed by atoms with E-state index in [1.807, 2.05) is 0 Å². The quantitative estimate of drug-likeness (QED) is 0.577. The van der Waals surface area contributed by atoms with Crippen LogP contribution in [0.15, 0.2) is 0 Å². The maximum absolute atomic E-state index is 12.1. The van der Waals surface area contributed by atoms with Gasteiger partial charge >= 0.3 is 5.97 Å². The van der Waals surface area contributed by atoms with Crippen molar-refractivity contribution in [1.82, 2.24) is 0 Å². The summed E-state index contributed by atoms with van der Waals surface area (Å²) >= 11 is 0. The van der Waals surface area contributed by atoms with E-state index in [1.165, 1.54) is 6.42 Å². The third kappa shape index (κ3) is 5.41. The number of hydrogen-bond donors (Lipinski definition) is 1. The lowest BCUT2D eigenvalue weighted by Gasteiger charge is -2.37. The van der Waals surface area contributed by atoms with Gasteiger partial charge in [-0.25, -0.2) is 0 Å². The summed E-state index contributed by atoms with van der Waals surface area (Å²) in [6, 6.07) is -0.518. The zero-order chi connectivity index (χ0) is 15.1. The van der Waals surface area contributed by atoms with Crippen LogP contribution in [0.4, 0.5) is 0 Å². The van der Waals surface area contributed by atoms with E-state index in [4.69, 9.17) is 15.2 Å². The summed E-state index contributed by atoms with van der Waals surface area (Å²) in [5.41, 5.74) is 5.90. The Bertz CT molecular complexity index is 293. The molecule has 2 N–H and O–H groups in total. The van der Waals surface area contributed by atoms with E-state index in [2.05, 4.69) is 20.8 Å². The van der Waals surface area contributed by atoms with Crippen molar-refractivity contribution in [1.29, 1.82) is 0 Å². The standard InChI is InChI=1S/C16H31NO3/c1-11(2)13-8-7-12(3)10-15(13)20-16(18)14(17)6-5-9-19-4/h11-15H,5-10,17H2,1-4H3. The summed E-state index contributed by atoms with van der Waals surface area (Å²) in [5, 5.41) is 0. The Balaban J connectivity index is 2.48. The number of methoxy groups -OCH3 is 1. The van der Waals surface area contributed by atoms with E-state index in [1.54, 1.807) is 7.11 Å². The first-order chi connectivity index (χ1) is 9.45. The molecule has 1 aliphatic carbocycles. The molecule has 1 fully saturated rings. The molecule has 4 atom stereocenters. The second-order valence-electron chi connectivity index (χ2n) is 6.54. The Labute approximate surface area is 123 Å². The largest absolute Gasteiger partial charge is 0.461 e. The van der Waals surface area contributed by atoms with Crippen LogP contribution in [0, 0.1) is 17.8 Å². The van der Waals surface area contributed by atoms with Gasteiger partial charge in [0.2, 0.25) is 0 Å². The molecule has 0 spiro atoms. The molecule has 0 aliphatic heterocycles. The number of carbonyl (C=O) groups is 1. The van der Waals surface area contributed by atoms with E-state index < -0.39 is 6.04 Å². The van der Waals surface area contributed by atoms with E-state index in [-0.39, 0.29) is 12.1 Å². The summed E-state index contributed by atoms with van der Waals surface area (Å²) < 4.78 is 10.7. The van der Waals surface area contributed by atoms with Gasteiger partial charge in [0.25, 0.3) is 0 Å². The van der Waals surface area contributed by atoms with Crippen molar-refractivity contribution in [3.63, 3.8) is 0 Å². The highest BCUT2D eigenvalue weighted by molar-refractivity contribution is 5.75. The molecule has 1 aliphatic rings. The first-order valence-electron chi connectivity index (χ1n) is 7.90. The molecule has 0 bridgehead atoms. The Hall–Kier alpha value is -0.610. The average molecular weight is 285 g/mol. The third-order valence-electron chi connectivity index (χ3n) is 4.40. The Morgan fingerprint density at radius 2 is 2.05 bits per heavy atom. The van der Waals surface area contributed by atoms with Gasteiger partial charge in [0.05, 0.1) is 0 Å². The summed E-state index contributed by atoms with van der Waals surface area (Å²) in [5.74, 6) is 1.41. The van der Waals surface area contributed by atoms with E-state index >= 15 is 0 Å². The predicted molar refractivity (Wildman–Crippen MR) is 80.3 cm³/mol. The summed E-state index contributed by atoms with van der Waals surface area (Å²) in [7, 11) is 1.65. The van der Waals surface area contributed by atoms with Crippen LogP contribution < -0.4 is 5.73 Å². The van der Waals surface area contributed by atoms with Gasteiger partial charge in [0.1, 0.15) is 12.1 Å². The Morgan fingerprint density at radius 3 is 2.65 bits per heavy atom. The first-order valence-corrected chi connectivity index (χ1v) is 7.90. The SMILES string of the molecule is COCCCC(N)C(=O)OC1CC(C)CCC1C(C)C. The molecule has 0 radical (unpaired) electrons. The molecule has 0 aromatic rings. The van der Waals surface area contributed by atoms with E-state index in [0.29, 0.717) is 30.8 Å². The third-order valence-corrected chi connectivity index (χ3v) is 4.40. The zero-order valence-electron chi connectivity index (χ0n) is 13.4. The molecule has 0 aromatic carbocycles. The molecule has 0 saturated heterocycles. The summed E-state index contributed by atoms with van der Waals surface area (Å²) in [6.45, 7) is 7.28. The molecule has 4 nitrogen and oxygen atoms in total. The molecule has 118 valence electrons. The van der Waals surface area contributed by atoms with Gasteiger partial charge < -0.3 is 15.2 Å². The number of ether oxygens (including phenoxy) is 2. The van der Waals surface area contributed by atoms with E-state index in [0.717, 1.165) is 19.3 Å². The Kier molecular flexibility index (Phi) is 7.52. The molecular formula is C16H31NO3. The highest BCUT2D eigenvalue weighted by Crippen LogP contribution is 2.35. The van der Waals surface area contributed by atoms with Crippen LogP contribution in [-0.2, 0) is 14.3 Å². The minimum atomic E-state index is -0.518. The number of hydrogen-bond acceptors (Lipinski definition) is 4. The first kappa shape index (κ1) is 17.4. The summed E-state index contributed by atoms with van der Waals surface area (Å²) in [6.07, 6.45) is 4.81. The second kappa shape index (κ2) is 8.63. The molecule has 1 rings (SSSR count). The van der Waals surface area contributed by atoms with E-state index in [9.17, 15) is 4.79 Å². The topological polar surface area (TPSA) is 61.5 Å². The second-order valence-corrected chi connectivity index (χ2v) is 6.54. The van der Waals surface area contributed by atoms with Gasteiger partial charge in [-0.3, -0.25) is 4.79 Å². The molecule has 0 heterocycles. The van der Waals surface area contributed by atoms with Gasteiger partial charge in [-0.2, -0.15) is 0 Å². The van der Waals surface area contributed by atoms with Gasteiger partial charge in [0, 0.05) is 13.7 Å². The highest BCUT2D eigenvalue weighted by Gasteiger charge is 2.34. The minimum Gasteiger partial charge on any atom is -0.461 e. The van der Waals surface area contributed by atoms with Crippen LogP contribution in [0.5, 0.6) is 0 Å². The van der Waals surface area contributed by atoms with Crippen molar-refractivity contribution < 1.29 is 14.3 Å². The number of carbonyl (C=O) groups excluding carboxylic acids is 1. The predicted octanol–water partition coefficient (Wildman–Crippen LogP) is 2.74. The normalized spacial score (nSPS) is 28.4. The average Bonchev–Trinajstić information content (AvgIpc) is 2.38. The van der Waals surface area contributed by atoms with Crippen molar-refractivity contribution in [3.05, 3.63) is 0 Å². The van der Waals surface area contributed by atoms with Crippen molar-refractivity contribution in [3.8, 4) is 0 Å². The fourth-order valence-corrected chi connectivity index (χ4v) is 3.05. The number of rotatable bonds is 7. The minimum absolute atomic E-state index is 0.0414. The fraction of sp³-hybridized carbons (Fsp3) is 0.938. The van der Waals surface area contributed by atoms with Crippen LogP contribution in [0.2, 0.25) is 0 Å². The molecular weight excluding hydrogens is 254 g/mol. The lowest BCUT2D eigenvalue weighted by molar-refractivity contribution is -0.157. The van der Waals surface area contributed by atoms with Crippen molar-refractivity contribution in [2.45, 2.75) is 65.0 Å². The van der Waals surface area contributed by atoms with Crippen LogP contribution in [0.1, 0.15) is 52.9 Å².